The molecule has 1 aromatic carbocycles. The van der Waals surface area contributed by atoms with Crippen molar-refractivity contribution in [2.75, 3.05) is 0 Å². The predicted octanol–water partition coefficient (Wildman–Crippen LogP) is 3.63. The van der Waals surface area contributed by atoms with E-state index in [1.807, 2.05) is 52.0 Å². The lowest BCUT2D eigenvalue weighted by atomic mass is 10.2. The van der Waals surface area contributed by atoms with Crippen LogP contribution in [0.2, 0.25) is 0 Å². The van der Waals surface area contributed by atoms with Gasteiger partial charge in [-0.15, -0.1) is 0 Å². The molecule has 21 heavy (non-hydrogen) atoms. The zero-order valence-electron chi connectivity index (χ0n) is 12.8. The van der Waals surface area contributed by atoms with Crippen molar-refractivity contribution in [1.82, 2.24) is 5.16 Å². The first-order valence-corrected chi connectivity index (χ1v) is 6.90. The van der Waals surface area contributed by atoms with E-state index < -0.39 is 0 Å². The molecule has 0 amide bonds. The van der Waals surface area contributed by atoms with Crippen LogP contribution >= 0.6 is 0 Å². The third kappa shape index (κ3) is 4.08. The van der Waals surface area contributed by atoms with E-state index in [0.29, 0.717) is 6.61 Å². The van der Waals surface area contributed by atoms with Gasteiger partial charge in [0.1, 0.15) is 18.1 Å². The molecule has 0 atom stereocenters. The molecule has 0 bridgehead atoms. The molecule has 0 radical (unpaired) electrons. The molecule has 2 rings (SSSR count). The Morgan fingerprint density at radius 3 is 2.71 bits per heavy atom. The number of nitrogens with zero attached hydrogens (tertiary/aromatic N) is 2. The third-order valence-electron chi connectivity index (χ3n) is 2.94. The SMILES string of the molecule is Cc1noc(C)c1CON=Cc1ccccc1OC(C)C. The molecule has 0 fully saturated rings. The van der Waals surface area contributed by atoms with Gasteiger partial charge in [-0.2, -0.15) is 0 Å². The lowest BCUT2D eigenvalue weighted by Gasteiger charge is -2.11. The van der Waals surface area contributed by atoms with Gasteiger partial charge in [-0.3, -0.25) is 0 Å². The van der Waals surface area contributed by atoms with Crippen LogP contribution in [0.1, 0.15) is 36.4 Å². The van der Waals surface area contributed by atoms with E-state index in [1.165, 1.54) is 0 Å². The van der Waals surface area contributed by atoms with E-state index in [-0.39, 0.29) is 6.10 Å². The zero-order valence-corrected chi connectivity index (χ0v) is 12.8. The number of rotatable bonds is 6. The molecule has 5 heteroatoms. The number of para-hydroxylation sites is 1. The van der Waals surface area contributed by atoms with Gasteiger partial charge in [0.25, 0.3) is 0 Å². The first-order valence-electron chi connectivity index (χ1n) is 6.90. The van der Waals surface area contributed by atoms with E-state index in [0.717, 1.165) is 28.3 Å². The van der Waals surface area contributed by atoms with Gasteiger partial charge < -0.3 is 14.1 Å². The van der Waals surface area contributed by atoms with Crippen LogP contribution in [0.4, 0.5) is 0 Å². The van der Waals surface area contributed by atoms with Gasteiger partial charge in [0, 0.05) is 5.56 Å². The highest BCUT2D eigenvalue weighted by Crippen LogP contribution is 2.18. The van der Waals surface area contributed by atoms with Crippen molar-refractivity contribution in [3.05, 3.63) is 46.8 Å². The maximum absolute atomic E-state index is 5.71. The standard InChI is InChI=1S/C16H20N2O3/c1-11(2)20-16-8-6-5-7-14(16)9-17-19-10-15-12(3)18-21-13(15)4/h5-9,11H,10H2,1-4H3. The summed E-state index contributed by atoms with van der Waals surface area (Å²) in [6.45, 7) is 8.05. The Morgan fingerprint density at radius 2 is 2.05 bits per heavy atom. The van der Waals surface area contributed by atoms with Gasteiger partial charge in [-0.05, 0) is 39.8 Å². The van der Waals surface area contributed by atoms with Crippen molar-refractivity contribution in [2.45, 2.75) is 40.4 Å². The monoisotopic (exact) mass is 288 g/mol. The molecule has 2 aromatic rings. The fraction of sp³-hybridized carbons (Fsp3) is 0.375. The van der Waals surface area contributed by atoms with Gasteiger partial charge in [-0.1, -0.05) is 22.4 Å². The highest BCUT2D eigenvalue weighted by molar-refractivity contribution is 5.83. The van der Waals surface area contributed by atoms with Gasteiger partial charge in [-0.25, -0.2) is 0 Å². The normalized spacial score (nSPS) is 11.3. The summed E-state index contributed by atoms with van der Waals surface area (Å²) in [7, 11) is 0. The third-order valence-corrected chi connectivity index (χ3v) is 2.94. The molecule has 112 valence electrons. The summed E-state index contributed by atoms with van der Waals surface area (Å²) in [5.41, 5.74) is 2.63. The van der Waals surface area contributed by atoms with Crippen molar-refractivity contribution in [1.29, 1.82) is 0 Å². The molecule has 0 aliphatic rings. The molecule has 0 aliphatic carbocycles. The number of benzene rings is 1. The van der Waals surface area contributed by atoms with E-state index >= 15 is 0 Å². The summed E-state index contributed by atoms with van der Waals surface area (Å²) in [5.74, 6) is 1.54. The molecule has 0 saturated heterocycles. The van der Waals surface area contributed by atoms with E-state index in [2.05, 4.69) is 10.3 Å². The fourth-order valence-corrected chi connectivity index (χ4v) is 1.85. The van der Waals surface area contributed by atoms with Crippen LogP contribution in [-0.2, 0) is 11.4 Å². The minimum Gasteiger partial charge on any atom is -0.490 e. The van der Waals surface area contributed by atoms with Crippen LogP contribution in [0.3, 0.4) is 0 Å². The summed E-state index contributed by atoms with van der Waals surface area (Å²) in [5, 5.41) is 7.87. The highest BCUT2D eigenvalue weighted by Gasteiger charge is 2.09. The van der Waals surface area contributed by atoms with Gasteiger partial charge >= 0.3 is 0 Å². The van der Waals surface area contributed by atoms with Crippen LogP contribution in [-0.4, -0.2) is 17.5 Å². The summed E-state index contributed by atoms with van der Waals surface area (Å²) >= 11 is 0. The maximum atomic E-state index is 5.71. The Bertz CT molecular complexity index is 598. The number of ether oxygens (including phenoxy) is 1. The number of hydrogen-bond acceptors (Lipinski definition) is 5. The van der Waals surface area contributed by atoms with E-state index in [4.69, 9.17) is 14.1 Å². The molecular weight excluding hydrogens is 268 g/mol. The molecule has 5 nitrogen and oxygen atoms in total. The highest BCUT2D eigenvalue weighted by atomic mass is 16.6. The predicted molar refractivity (Wildman–Crippen MR) is 80.6 cm³/mol. The Morgan fingerprint density at radius 1 is 1.29 bits per heavy atom. The summed E-state index contributed by atoms with van der Waals surface area (Å²) in [6.07, 6.45) is 1.76. The van der Waals surface area contributed by atoms with Gasteiger partial charge in [0.15, 0.2) is 0 Å². The number of aryl methyl sites for hydroxylation is 2. The van der Waals surface area contributed by atoms with Crippen LogP contribution in [0.5, 0.6) is 5.75 Å². The molecule has 0 N–H and O–H groups in total. The first kappa shape index (κ1) is 15.1. The molecule has 0 unspecified atom stereocenters. The Kier molecular flexibility index (Phi) is 4.98. The topological polar surface area (TPSA) is 56.9 Å². The van der Waals surface area contributed by atoms with E-state index in [1.54, 1.807) is 6.21 Å². The van der Waals surface area contributed by atoms with Crippen molar-refractivity contribution < 1.29 is 14.1 Å². The minimum absolute atomic E-state index is 0.114. The second kappa shape index (κ2) is 6.92. The fourth-order valence-electron chi connectivity index (χ4n) is 1.85. The van der Waals surface area contributed by atoms with Crippen molar-refractivity contribution >= 4 is 6.21 Å². The van der Waals surface area contributed by atoms with Crippen LogP contribution in [0.15, 0.2) is 33.9 Å². The van der Waals surface area contributed by atoms with Crippen molar-refractivity contribution in [3.63, 3.8) is 0 Å². The Hall–Kier alpha value is -2.30. The van der Waals surface area contributed by atoms with Gasteiger partial charge in [0.2, 0.25) is 0 Å². The van der Waals surface area contributed by atoms with E-state index in [9.17, 15) is 0 Å². The average Bonchev–Trinajstić information content (AvgIpc) is 2.76. The minimum atomic E-state index is 0.114. The molecule has 1 heterocycles. The molecular formula is C16H20N2O3. The summed E-state index contributed by atoms with van der Waals surface area (Å²) in [6, 6.07) is 7.71. The number of aromatic nitrogens is 1. The second-order valence-electron chi connectivity index (χ2n) is 5.02. The van der Waals surface area contributed by atoms with Gasteiger partial charge in [0.05, 0.1) is 23.6 Å². The zero-order chi connectivity index (χ0) is 15.2. The number of hydrogen-bond donors (Lipinski definition) is 0. The van der Waals surface area contributed by atoms with Crippen molar-refractivity contribution in [3.8, 4) is 5.75 Å². The lowest BCUT2D eigenvalue weighted by Crippen LogP contribution is -2.07. The molecule has 0 spiro atoms. The second-order valence-corrected chi connectivity index (χ2v) is 5.02. The quantitative estimate of drug-likeness (QED) is 0.601. The molecule has 0 saturated carbocycles. The summed E-state index contributed by atoms with van der Waals surface area (Å²) in [4.78, 5) is 5.32. The lowest BCUT2D eigenvalue weighted by molar-refractivity contribution is 0.130. The Labute approximate surface area is 124 Å². The maximum Gasteiger partial charge on any atom is 0.147 e. The largest absolute Gasteiger partial charge is 0.490 e. The first-order chi connectivity index (χ1) is 10.1. The molecule has 1 aromatic heterocycles. The smallest absolute Gasteiger partial charge is 0.147 e. The van der Waals surface area contributed by atoms with Crippen molar-refractivity contribution in [2.24, 2.45) is 5.16 Å². The molecule has 0 aliphatic heterocycles. The van der Waals surface area contributed by atoms with Crippen LogP contribution in [0, 0.1) is 13.8 Å². The van der Waals surface area contributed by atoms with Crippen LogP contribution < -0.4 is 4.74 Å². The Balaban J connectivity index is 1.99. The average molecular weight is 288 g/mol. The van der Waals surface area contributed by atoms with Crippen LogP contribution in [0.25, 0.3) is 0 Å². The summed E-state index contributed by atoms with van der Waals surface area (Å²) < 4.78 is 10.8. The number of oxime groups is 1.